The van der Waals surface area contributed by atoms with E-state index in [0.717, 1.165) is 0 Å². The zero-order chi connectivity index (χ0) is 12.4. The molecule has 1 heterocycles. The second-order valence-corrected chi connectivity index (χ2v) is 3.95. The van der Waals surface area contributed by atoms with Crippen LogP contribution in [-0.2, 0) is 9.53 Å². The van der Waals surface area contributed by atoms with Crippen LogP contribution >= 0.6 is 0 Å². The van der Waals surface area contributed by atoms with Gasteiger partial charge in [0.1, 0.15) is 5.60 Å². The van der Waals surface area contributed by atoms with Crippen LogP contribution in [0.3, 0.4) is 0 Å². The Bertz CT molecular complexity index is 260. The molecular formula is C9H15F3N2O2. The summed E-state index contributed by atoms with van der Waals surface area (Å²) in [6, 6.07) is 0. The summed E-state index contributed by atoms with van der Waals surface area (Å²) < 4.78 is 41.4. The Morgan fingerprint density at radius 2 is 1.94 bits per heavy atom. The molecule has 1 amide bonds. The third-order valence-corrected chi connectivity index (χ3v) is 2.91. The average molecular weight is 240 g/mol. The van der Waals surface area contributed by atoms with E-state index >= 15 is 0 Å². The normalized spacial score (nSPS) is 22.0. The summed E-state index contributed by atoms with van der Waals surface area (Å²) in [4.78, 5) is 12.4. The smallest absolute Gasteiger partial charge is 0.368 e. The fourth-order valence-corrected chi connectivity index (χ4v) is 1.88. The molecule has 0 aromatic rings. The van der Waals surface area contributed by atoms with Gasteiger partial charge in [-0.1, -0.05) is 0 Å². The number of halogens is 3. The van der Waals surface area contributed by atoms with E-state index in [2.05, 4.69) is 0 Å². The molecule has 1 fully saturated rings. The van der Waals surface area contributed by atoms with Gasteiger partial charge in [0.05, 0.1) is 6.54 Å². The van der Waals surface area contributed by atoms with Gasteiger partial charge < -0.3 is 10.5 Å². The van der Waals surface area contributed by atoms with Crippen LogP contribution in [0, 0.1) is 0 Å². The molecule has 0 atom stereocenters. The van der Waals surface area contributed by atoms with Crippen molar-refractivity contribution >= 4 is 5.91 Å². The highest BCUT2D eigenvalue weighted by Gasteiger charge is 2.42. The molecular weight excluding hydrogens is 225 g/mol. The van der Waals surface area contributed by atoms with Crippen LogP contribution in [0.5, 0.6) is 0 Å². The van der Waals surface area contributed by atoms with Crippen molar-refractivity contribution in [2.24, 2.45) is 5.73 Å². The molecule has 1 saturated heterocycles. The van der Waals surface area contributed by atoms with Crippen molar-refractivity contribution in [2.45, 2.75) is 24.6 Å². The molecule has 0 spiro atoms. The Balaban J connectivity index is 2.53. The number of rotatable bonds is 3. The molecule has 4 nitrogen and oxygen atoms in total. The third-order valence-electron chi connectivity index (χ3n) is 2.91. The topological polar surface area (TPSA) is 55.6 Å². The monoisotopic (exact) mass is 240 g/mol. The van der Waals surface area contributed by atoms with Crippen molar-refractivity contribution in [3.63, 3.8) is 0 Å². The Morgan fingerprint density at radius 3 is 2.25 bits per heavy atom. The lowest BCUT2D eigenvalue weighted by molar-refractivity contribution is -0.162. The molecule has 1 rings (SSSR count). The number of hydrogen-bond acceptors (Lipinski definition) is 3. The molecule has 0 aromatic heterocycles. The fraction of sp³-hybridized carbons (Fsp3) is 0.889. The van der Waals surface area contributed by atoms with Crippen LogP contribution in [0.1, 0.15) is 12.8 Å². The summed E-state index contributed by atoms with van der Waals surface area (Å²) in [7, 11) is 1.35. The number of carbonyl (C=O) groups is 1. The maximum absolute atomic E-state index is 12.1. The predicted molar refractivity (Wildman–Crippen MR) is 50.7 cm³/mol. The highest BCUT2D eigenvalue weighted by molar-refractivity contribution is 5.83. The second kappa shape index (κ2) is 4.58. The number of piperidine rings is 1. The zero-order valence-corrected chi connectivity index (χ0v) is 9.01. The number of nitrogens with two attached hydrogens (primary N) is 1. The first-order valence-corrected chi connectivity index (χ1v) is 4.93. The Kier molecular flexibility index (Phi) is 3.80. The molecule has 1 aliphatic rings. The van der Waals surface area contributed by atoms with E-state index < -0.39 is 24.2 Å². The highest BCUT2D eigenvalue weighted by Crippen LogP contribution is 2.27. The first-order valence-electron chi connectivity index (χ1n) is 4.93. The number of likely N-dealkylation sites (tertiary alicyclic amines) is 1. The SMILES string of the molecule is COC1(C(N)=O)CCN(CC(F)(F)F)CC1. The van der Waals surface area contributed by atoms with Gasteiger partial charge in [0, 0.05) is 20.2 Å². The van der Waals surface area contributed by atoms with Gasteiger partial charge in [-0.15, -0.1) is 0 Å². The molecule has 2 N–H and O–H groups in total. The van der Waals surface area contributed by atoms with Gasteiger partial charge in [-0.05, 0) is 12.8 Å². The molecule has 7 heteroatoms. The van der Waals surface area contributed by atoms with Crippen molar-refractivity contribution < 1.29 is 22.7 Å². The van der Waals surface area contributed by atoms with Crippen LogP contribution in [-0.4, -0.2) is 49.3 Å². The lowest BCUT2D eigenvalue weighted by atomic mass is 9.90. The molecule has 0 aliphatic carbocycles. The van der Waals surface area contributed by atoms with E-state index in [1.54, 1.807) is 0 Å². The minimum Gasteiger partial charge on any atom is -0.368 e. The Labute approximate surface area is 91.5 Å². The predicted octanol–water partition coefficient (Wildman–Crippen LogP) is 0.515. The van der Waals surface area contributed by atoms with Gasteiger partial charge in [-0.25, -0.2) is 0 Å². The number of primary amides is 1. The zero-order valence-electron chi connectivity index (χ0n) is 9.01. The molecule has 0 bridgehead atoms. The average Bonchev–Trinajstić information content (AvgIpc) is 2.16. The summed E-state index contributed by atoms with van der Waals surface area (Å²) >= 11 is 0. The van der Waals surface area contributed by atoms with Gasteiger partial charge in [0.2, 0.25) is 5.91 Å². The standard InChI is InChI=1S/C9H15F3N2O2/c1-16-8(7(13)15)2-4-14(5-3-8)6-9(10,11)12/h2-6H2,1H3,(H2,13,15). The Hall–Kier alpha value is -0.820. The number of ether oxygens (including phenoxy) is 1. The quantitative estimate of drug-likeness (QED) is 0.782. The number of alkyl halides is 3. The third kappa shape index (κ3) is 3.08. The number of amides is 1. The minimum atomic E-state index is -4.21. The molecule has 1 aliphatic heterocycles. The van der Waals surface area contributed by atoms with Gasteiger partial charge in [-0.3, -0.25) is 9.69 Å². The van der Waals surface area contributed by atoms with Crippen LogP contribution < -0.4 is 5.73 Å². The maximum Gasteiger partial charge on any atom is 0.401 e. The van der Waals surface area contributed by atoms with Crippen LogP contribution in [0.2, 0.25) is 0 Å². The number of nitrogens with zero attached hydrogens (tertiary/aromatic N) is 1. The van der Waals surface area contributed by atoms with Gasteiger partial charge in [-0.2, -0.15) is 13.2 Å². The lowest BCUT2D eigenvalue weighted by Crippen LogP contribution is -2.54. The molecule has 0 saturated carbocycles. The highest BCUT2D eigenvalue weighted by atomic mass is 19.4. The van der Waals surface area contributed by atoms with Gasteiger partial charge in [0.25, 0.3) is 0 Å². The van der Waals surface area contributed by atoms with Gasteiger partial charge in [0.15, 0.2) is 0 Å². The number of methoxy groups -OCH3 is 1. The molecule has 0 aromatic carbocycles. The van der Waals surface area contributed by atoms with Crippen LogP contribution in [0.4, 0.5) is 13.2 Å². The summed E-state index contributed by atoms with van der Waals surface area (Å²) in [6.07, 6.45) is -3.80. The second-order valence-electron chi connectivity index (χ2n) is 3.95. The maximum atomic E-state index is 12.1. The van der Waals surface area contributed by atoms with Crippen LogP contribution in [0.15, 0.2) is 0 Å². The Morgan fingerprint density at radius 1 is 1.44 bits per heavy atom. The minimum absolute atomic E-state index is 0.163. The molecule has 0 unspecified atom stereocenters. The van der Waals surface area contributed by atoms with Crippen molar-refractivity contribution in [1.29, 1.82) is 0 Å². The van der Waals surface area contributed by atoms with Crippen LogP contribution in [0.25, 0.3) is 0 Å². The van der Waals surface area contributed by atoms with E-state index in [1.165, 1.54) is 12.0 Å². The number of carbonyl (C=O) groups excluding carboxylic acids is 1. The van der Waals surface area contributed by atoms with E-state index in [-0.39, 0.29) is 25.9 Å². The van der Waals surface area contributed by atoms with E-state index in [1.807, 2.05) is 0 Å². The summed E-state index contributed by atoms with van der Waals surface area (Å²) in [5.41, 5.74) is 4.09. The molecule has 0 radical (unpaired) electrons. The van der Waals surface area contributed by atoms with Crippen molar-refractivity contribution in [3.05, 3.63) is 0 Å². The van der Waals surface area contributed by atoms with Crippen molar-refractivity contribution in [1.82, 2.24) is 4.90 Å². The number of hydrogen-bond donors (Lipinski definition) is 1. The fourth-order valence-electron chi connectivity index (χ4n) is 1.88. The molecule has 16 heavy (non-hydrogen) atoms. The molecule has 94 valence electrons. The van der Waals surface area contributed by atoms with E-state index in [0.29, 0.717) is 0 Å². The first kappa shape index (κ1) is 13.2. The van der Waals surface area contributed by atoms with Crippen molar-refractivity contribution in [2.75, 3.05) is 26.7 Å². The summed E-state index contributed by atoms with van der Waals surface area (Å²) in [5.74, 6) is -0.610. The summed E-state index contributed by atoms with van der Waals surface area (Å²) in [6.45, 7) is -0.627. The van der Waals surface area contributed by atoms with Gasteiger partial charge >= 0.3 is 6.18 Å². The largest absolute Gasteiger partial charge is 0.401 e. The van der Waals surface area contributed by atoms with Crippen molar-refractivity contribution in [3.8, 4) is 0 Å². The van der Waals surface area contributed by atoms with E-state index in [4.69, 9.17) is 10.5 Å². The summed E-state index contributed by atoms with van der Waals surface area (Å²) in [5, 5.41) is 0. The van der Waals surface area contributed by atoms with E-state index in [9.17, 15) is 18.0 Å². The lowest BCUT2D eigenvalue weighted by Gasteiger charge is -2.38. The first-order chi connectivity index (χ1) is 7.29.